The highest BCUT2D eigenvalue weighted by molar-refractivity contribution is 5.91. The van der Waals surface area contributed by atoms with Crippen LogP contribution in [0.4, 0.5) is 11.4 Å². The van der Waals surface area contributed by atoms with Crippen molar-refractivity contribution in [3.05, 3.63) is 53.3 Å². The summed E-state index contributed by atoms with van der Waals surface area (Å²) in [5.41, 5.74) is 9.76. The summed E-state index contributed by atoms with van der Waals surface area (Å²) in [4.78, 5) is 15.9. The Hall–Kier alpha value is -2.56. The summed E-state index contributed by atoms with van der Waals surface area (Å²) < 4.78 is 4.94. The molecule has 0 aliphatic heterocycles. The molecule has 2 aromatic rings. The maximum Gasteiger partial charge on any atom is 0.338 e. The smallest absolute Gasteiger partial charge is 0.338 e. The Morgan fingerprint density at radius 3 is 2.76 bits per heavy atom. The standard InChI is InChI=1S/C16H19N3O2/c1-3-21-16(20)13-6-7-15(14(17)8-13)19-10-12-5-4-11(2)18-9-12/h4-9,19H,3,10,17H2,1-2H3. The van der Waals surface area contributed by atoms with Gasteiger partial charge in [0.25, 0.3) is 0 Å². The van der Waals surface area contributed by atoms with Gasteiger partial charge in [-0.25, -0.2) is 4.79 Å². The Morgan fingerprint density at radius 1 is 1.33 bits per heavy atom. The number of pyridine rings is 1. The predicted octanol–water partition coefficient (Wildman–Crippen LogP) is 2.76. The molecule has 110 valence electrons. The first-order valence-corrected chi connectivity index (χ1v) is 6.82. The van der Waals surface area contributed by atoms with E-state index in [-0.39, 0.29) is 5.97 Å². The van der Waals surface area contributed by atoms with Crippen LogP contribution in [0.1, 0.15) is 28.5 Å². The van der Waals surface area contributed by atoms with Crippen molar-refractivity contribution in [2.45, 2.75) is 20.4 Å². The largest absolute Gasteiger partial charge is 0.462 e. The summed E-state index contributed by atoms with van der Waals surface area (Å²) in [6.45, 7) is 4.69. The number of hydrogen-bond acceptors (Lipinski definition) is 5. The summed E-state index contributed by atoms with van der Waals surface area (Å²) >= 11 is 0. The van der Waals surface area contributed by atoms with Gasteiger partial charge in [0, 0.05) is 18.4 Å². The van der Waals surface area contributed by atoms with Gasteiger partial charge < -0.3 is 15.8 Å². The van der Waals surface area contributed by atoms with E-state index in [1.54, 1.807) is 25.1 Å². The summed E-state index contributed by atoms with van der Waals surface area (Å²) in [7, 11) is 0. The van der Waals surface area contributed by atoms with Crippen molar-refractivity contribution in [2.75, 3.05) is 17.7 Å². The predicted molar refractivity (Wildman–Crippen MR) is 83.1 cm³/mol. The normalized spacial score (nSPS) is 10.2. The molecule has 21 heavy (non-hydrogen) atoms. The molecule has 0 saturated carbocycles. The molecule has 5 nitrogen and oxygen atoms in total. The minimum Gasteiger partial charge on any atom is -0.462 e. The lowest BCUT2D eigenvalue weighted by molar-refractivity contribution is 0.0526. The molecular formula is C16H19N3O2. The molecule has 0 amide bonds. The van der Waals surface area contributed by atoms with E-state index in [4.69, 9.17) is 10.5 Å². The van der Waals surface area contributed by atoms with Crippen LogP contribution < -0.4 is 11.1 Å². The van der Waals surface area contributed by atoms with Gasteiger partial charge in [-0.2, -0.15) is 0 Å². The molecule has 0 bridgehead atoms. The molecule has 1 aromatic carbocycles. The van der Waals surface area contributed by atoms with Crippen molar-refractivity contribution >= 4 is 17.3 Å². The number of benzene rings is 1. The average Bonchev–Trinajstić information content (AvgIpc) is 2.48. The zero-order chi connectivity index (χ0) is 15.2. The summed E-state index contributed by atoms with van der Waals surface area (Å²) in [5.74, 6) is -0.363. The molecule has 0 aliphatic rings. The van der Waals surface area contributed by atoms with Gasteiger partial charge in [-0.3, -0.25) is 4.98 Å². The molecule has 0 saturated heterocycles. The molecule has 3 N–H and O–H groups in total. The fourth-order valence-corrected chi connectivity index (χ4v) is 1.87. The average molecular weight is 285 g/mol. The number of anilines is 2. The molecule has 2 rings (SSSR count). The third-order valence-corrected chi connectivity index (χ3v) is 3.02. The highest BCUT2D eigenvalue weighted by Crippen LogP contribution is 2.21. The first-order chi connectivity index (χ1) is 10.1. The number of carbonyl (C=O) groups excluding carboxylic acids is 1. The number of nitrogens with one attached hydrogen (secondary N) is 1. The molecule has 0 fully saturated rings. The van der Waals surface area contributed by atoms with Crippen molar-refractivity contribution in [3.63, 3.8) is 0 Å². The monoisotopic (exact) mass is 285 g/mol. The quantitative estimate of drug-likeness (QED) is 0.652. The van der Waals surface area contributed by atoms with E-state index in [0.29, 0.717) is 24.4 Å². The SMILES string of the molecule is CCOC(=O)c1ccc(NCc2ccc(C)nc2)c(N)c1. The lowest BCUT2D eigenvalue weighted by atomic mass is 10.1. The molecule has 0 aliphatic carbocycles. The molecule has 0 spiro atoms. The van der Waals surface area contributed by atoms with E-state index in [9.17, 15) is 4.79 Å². The number of aryl methyl sites for hydroxylation is 1. The molecule has 0 atom stereocenters. The van der Waals surface area contributed by atoms with Crippen LogP contribution in [0.5, 0.6) is 0 Å². The summed E-state index contributed by atoms with van der Waals surface area (Å²) in [6, 6.07) is 9.07. The summed E-state index contributed by atoms with van der Waals surface area (Å²) in [6.07, 6.45) is 1.82. The van der Waals surface area contributed by atoms with Crippen molar-refractivity contribution in [1.29, 1.82) is 0 Å². The Kier molecular flexibility index (Phi) is 4.77. The van der Waals surface area contributed by atoms with Gasteiger partial charge in [0.2, 0.25) is 0 Å². The van der Waals surface area contributed by atoms with Gasteiger partial charge in [-0.05, 0) is 43.7 Å². The first-order valence-electron chi connectivity index (χ1n) is 6.82. The third-order valence-electron chi connectivity index (χ3n) is 3.02. The zero-order valence-corrected chi connectivity index (χ0v) is 12.2. The molecule has 0 radical (unpaired) electrons. The maximum atomic E-state index is 11.6. The number of aromatic nitrogens is 1. The van der Waals surface area contributed by atoms with Crippen LogP contribution in [0.3, 0.4) is 0 Å². The second-order valence-electron chi connectivity index (χ2n) is 4.68. The van der Waals surface area contributed by atoms with E-state index in [1.165, 1.54) is 0 Å². The van der Waals surface area contributed by atoms with E-state index in [2.05, 4.69) is 10.3 Å². The number of carbonyl (C=O) groups is 1. The van der Waals surface area contributed by atoms with Crippen molar-refractivity contribution in [1.82, 2.24) is 4.98 Å². The second kappa shape index (κ2) is 6.74. The topological polar surface area (TPSA) is 77.2 Å². The number of hydrogen-bond donors (Lipinski definition) is 2. The molecule has 1 heterocycles. The van der Waals surface area contributed by atoms with Crippen LogP contribution in [0, 0.1) is 6.92 Å². The number of nitrogens with two attached hydrogens (primary N) is 1. The Balaban J connectivity index is 2.04. The van der Waals surface area contributed by atoms with E-state index >= 15 is 0 Å². The fourth-order valence-electron chi connectivity index (χ4n) is 1.87. The van der Waals surface area contributed by atoms with Crippen LogP contribution >= 0.6 is 0 Å². The van der Waals surface area contributed by atoms with Crippen LogP contribution in [0.2, 0.25) is 0 Å². The van der Waals surface area contributed by atoms with Gasteiger partial charge in [0.15, 0.2) is 0 Å². The first kappa shape index (κ1) is 14.8. The van der Waals surface area contributed by atoms with E-state index < -0.39 is 0 Å². The molecule has 1 aromatic heterocycles. The lowest BCUT2D eigenvalue weighted by Crippen LogP contribution is -2.07. The number of rotatable bonds is 5. The van der Waals surface area contributed by atoms with Gasteiger partial charge in [0.1, 0.15) is 0 Å². The fraction of sp³-hybridized carbons (Fsp3) is 0.250. The number of esters is 1. The van der Waals surface area contributed by atoms with Crippen LogP contribution in [-0.4, -0.2) is 17.6 Å². The Morgan fingerprint density at radius 2 is 2.14 bits per heavy atom. The van der Waals surface area contributed by atoms with Crippen LogP contribution in [0.25, 0.3) is 0 Å². The third kappa shape index (κ3) is 3.95. The minimum absolute atomic E-state index is 0.346. The van der Waals surface area contributed by atoms with Crippen molar-refractivity contribution < 1.29 is 9.53 Å². The highest BCUT2D eigenvalue weighted by atomic mass is 16.5. The Labute approximate surface area is 124 Å². The van der Waals surface area contributed by atoms with E-state index in [0.717, 1.165) is 16.9 Å². The van der Waals surface area contributed by atoms with Gasteiger partial charge in [-0.1, -0.05) is 6.07 Å². The van der Waals surface area contributed by atoms with Crippen molar-refractivity contribution in [3.8, 4) is 0 Å². The zero-order valence-electron chi connectivity index (χ0n) is 12.2. The molecular weight excluding hydrogens is 266 g/mol. The number of ether oxygens (including phenoxy) is 1. The van der Waals surface area contributed by atoms with Gasteiger partial charge in [0.05, 0.1) is 23.5 Å². The highest BCUT2D eigenvalue weighted by Gasteiger charge is 2.08. The van der Waals surface area contributed by atoms with Gasteiger partial charge >= 0.3 is 5.97 Å². The van der Waals surface area contributed by atoms with Crippen LogP contribution in [0.15, 0.2) is 36.5 Å². The van der Waals surface area contributed by atoms with Crippen LogP contribution in [-0.2, 0) is 11.3 Å². The Bertz CT molecular complexity index is 624. The summed E-state index contributed by atoms with van der Waals surface area (Å²) in [5, 5.41) is 3.23. The molecule has 0 unspecified atom stereocenters. The maximum absolute atomic E-state index is 11.6. The number of nitrogens with zero attached hydrogens (tertiary/aromatic N) is 1. The van der Waals surface area contributed by atoms with E-state index in [1.807, 2.05) is 25.3 Å². The number of nitrogen functional groups attached to an aromatic ring is 1. The lowest BCUT2D eigenvalue weighted by Gasteiger charge is -2.11. The van der Waals surface area contributed by atoms with Crippen molar-refractivity contribution in [2.24, 2.45) is 0 Å². The molecule has 5 heteroatoms. The second-order valence-corrected chi connectivity index (χ2v) is 4.68. The minimum atomic E-state index is -0.363. The van der Waals surface area contributed by atoms with Gasteiger partial charge in [-0.15, -0.1) is 0 Å².